The monoisotopic (exact) mass is 488 g/mol. The number of ether oxygens (including phenoxy) is 1. The SMILES string of the molecule is CC(C)(C)OC(=O)N1CCC(CC2CCc3cc(Nc4nc(-n5cccn5)ccc4N)ccc32)CC1. The maximum atomic E-state index is 12.4. The Balaban J connectivity index is 1.20. The number of carbonyl (C=O) groups excluding carboxylic acids is 1. The third-order valence-corrected chi connectivity index (χ3v) is 7.14. The summed E-state index contributed by atoms with van der Waals surface area (Å²) in [7, 11) is 0. The van der Waals surface area contributed by atoms with Crippen LogP contribution in [0.4, 0.5) is 22.0 Å². The second kappa shape index (κ2) is 9.84. The second-order valence-corrected chi connectivity index (χ2v) is 11.0. The van der Waals surface area contributed by atoms with Crippen LogP contribution in [0, 0.1) is 5.92 Å². The molecule has 8 nitrogen and oxygen atoms in total. The predicted molar refractivity (Wildman–Crippen MR) is 142 cm³/mol. The molecule has 1 aromatic carbocycles. The highest BCUT2D eigenvalue weighted by atomic mass is 16.6. The van der Waals surface area contributed by atoms with Gasteiger partial charge in [0.05, 0.1) is 5.69 Å². The number of nitrogens with one attached hydrogen (secondary N) is 1. The van der Waals surface area contributed by atoms with Crippen molar-refractivity contribution < 1.29 is 9.53 Å². The molecule has 1 aliphatic carbocycles. The minimum Gasteiger partial charge on any atom is -0.444 e. The number of hydrogen-bond donors (Lipinski definition) is 2. The van der Waals surface area contributed by atoms with E-state index in [9.17, 15) is 4.79 Å². The van der Waals surface area contributed by atoms with E-state index >= 15 is 0 Å². The first-order chi connectivity index (χ1) is 17.2. The summed E-state index contributed by atoms with van der Waals surface area (Å²) in [6.45, 7) is 7.32. The van der Waals surface area contributed by atoms with E-state index in [-0.39, 0.29) is 6.09 Å². The molecule has 0 radical (unpaired) electrons. The second-order valence-electron chi connectivity index (χ2n) is 11.0. The maximum Gasteiger partial charge on any atom is 0.410 e. The molecule has 2 aliphatic rings. The lowest BCUT2D eigenvalue weighted by Gasteiger charge is -2.34. The number of nitrogens with zero attached hydrogens (tertiary/aromatic N) is 4. The van der Waals surface area contributed by atoms with Crippen molar-refractivity contribution in [3.8, 4) is 5.82 Å². The minimum atomic E-state index is -0.445. The highest BCUT2D eigenvalue weighted by Crippen LogP contribution is 2.41. The summed E-state index contributed by atoms with van der Waals surface area (Å²) in [6.07, 6.45) is 8.94. The number of anilines is 3. The number of benzene rings is 1. The Hall–Kier alpha value is -3.55. The summed E-state index contributed by atoms with van der Waals surface area (Å²) in [6, 6.07) is 12.2. The zero-order valence-electron chi connectivity index (χ0n) is 21.4. The molecular weight excluding hydrogens is 452 g/mol. The van der Waals surface area contributed by atoms with Crippen LogP contribution in [0.3, 0.4) is 0 Å². The molecule has 1 unspecified atom stereocenters. The zero-order valence-corrected chi connectivity index (χ0v) is 21.4. The summed E-state index contributed by atoms with van der Waals surface area (Å²) in [5.74, 6) is 2.58. The Bertz CT molecular complexity index is 1210. The molecule has 0 saturated carbocycles. The summed E-state index contributed by atoms with van der Waals surface area (Å²) in [4.78, 5) is 18.9. The highest BCUT2D eigenvalue weighted by Gasteiger charge is 2.30. The van der Waals surface area contributed by atoms with E-state index in [4.69, 9.17) is 10.5 Å². The molecule has 1 atom stereocenters. The van der Waals surface area contributed by atoms with Gasteiger partial charge >= 0.3 is 6.09 Å². The molecule has 3 aromatic rings. The molecule has 0 bridgehead atoms. The molecule has 1 saturated heterocycles. The lowest BCUT2D eigenvalue weighted by Crippen LogP contribution is -2.41. The average molecular weight is 489 g/mol. The number of piperidine rings is 1. The number of aryl methyl sites for hydroxylation is 1. The number of aromatic nitrogens is 3. The predicted octanol–water partition coefficient (Wildman–Crippen LogP) is 5.66. The van der Waals surface area contributed by atoms with Crippen molar-refractivity contribution >= 4 is 23.3 Å². The van der Waals surface area contributed by atoms with E-state index in [1.54, 1.807) is 10.9 Å². The van der Waals surface area contributed by atoms with Crippen LogP contribution in [0.5, 0.6) is 0 Å². The summed E-state index contributed by atoms with van der Waals surface area (Å²) >= 11 is 0. The van der Waals surface area contributed by atoms with Gasteiger partial charge in [-0.1, -0.05) is 6.07 Å². The molecule has 0 spiro atoms. The summed E-state index contributed by atoms with van der Waals surface area (Å²) in [5, 5.41) is 7.66. The standard InChI is InChI=1S/C28H36N6O2/c1-28(2,3)36-27(35)33-15-11-19(12-16-33)17-20-5-6-21-18-22(7-8-23(20)21)31-26-24(29)9-10-25(32-26)34-14-4-13-30-34/h4,7-10,13-14,18-20H,5-6,11-12,15-17,29H2,1-3H3,(H,31,32). The van der Waals surface area contributed by atoms with Crippen LogP contribution in [0.2, 0.25) is 0 Å². The molecule has 3 N–H and O–H groups in total. The first-order valence-electron chi connectivity index (χ1n) is 12.9. The molecule has 8 heteroatoms. The smallest absolute Gasteiger partial charge is 0.410 e. The zero-order chi connectivity index (χ0) is 25.3. The van der Waals surface area contributed by atoms with E-state index in [2.05, 4.69) is 33.6 Å². The molecule has 3 heterocycles. The normalized spacial score (nSPS) is 18.2. The largest absolute Gasteiger partial charge is 0.444 e. The fourth-order valence-corrected chi connectivity index (χ4v) is 5.34. The van der Waals surface area contributed by atoms with Crippen molar-refractivity contribution in [2.24, 2.45) is 5.92 Å². The van der Waals surface area contributed by atoms with Gasteiger partial charge in [-0.3, -0.25) is 0 Å². The Morgan fingerprint density at radius 1 is 1.17 bits per heavy atom. The Kier molecular flexibility index (Phi) is 6.60. The van der Waals surface area contributed by atoms with Crippen LogP contribution in [0.25, 0.3) is 5.82 Å². The van der Waals surface area contributed by atoms with E-state index < -0.39 is 5.60 Å². The van der Waals surface area contributed by atoms with Crippen LogP contribution < -0.4 is 11.1 Å². The van der Waals surface area contributed by atoms with Crippen LogP contribution in [0.15, 0.2) is 48.8 Å². The topological polar surface area (TPSA) is 98.3 Å². The first-order valence-corrected chi connectivity index (χ1v) is 12.9. The molecule has 190 valence electrons. The van der Waals surface area contributed by atoms with Crippen molar-refractivity contribution in [1.29, 1.82) is 0 Å². The molecule has 1 amide bonds. The molecule has 1 fully saturated rings. The van der Waals surface area contributed by atoms with Crippen LogP contribution in [-0.4, -0.2) is 44.4 Å². The van der Waals surface area contributed by atoms with Crippen molar-refractivity contribution in [2.45, 2.75) is 64.4 Å². The fraction of sp³-hybridized carbons (Fsp3) is 0.464. The van der Waals surface area contributed by atoms with Crippen molar-refractivity contribution in [1.82, 2.24) is 19.7 Å². The van der Waals surface area contributed by atoms with Crippen LogP contribution in [-0.2, 0) is 11.2 Å². The van der Waals surface area contributed by atoms with E-state index in [0.29, 0.717) is 23.3 Å². The lowest BCUT2D eigenvalue weighted by molar-refractivity contribution is 0.0179. The summed E-state index contributed by atoms with van der Waals surface area (Å²) < 4.78 is 7.26. The third kappa shape index (κ3) is 5.48. The number of carbonyl (C=O) groups is 1. The number of rotatable bonds is 5. The Morgan fingerprint density at radius 3 is 2.69 bits per heavy atom. The van der Waals surface area contributed by atoms with Gasteiger partial charge in [0.25, 0.3) is 0 Å². The molecule has 5 rings (SSSR count). The molecule has 1 aliphatic heterocycles. The van der Waals surface area contributed by atoms with Crippen LogP contribution >= 0.6 is 0 Å². The minimum absolute atomic E-state index is 0.183. The van der Waals surface area contributed by atoms with Gasteiger partial charge in [-0.05, 0) is 106 Å². The van der Waals surface area contributed by atoms with Crippen molar-refractivity contribution in [2.75, 3.05) is 24.1 Å². The number of nitrogen functional groups attached to an aromatic ring is 1. The fourth-order valence-electron chi connectivity index (χ4n) is 5.34. The third-order valence-electron chi connectivity index (χ3n) is 7.14. The number of pyridine rings is 1. The van der Waals surface area contributed by atoms with Gasteiger partial charge in [-0.2, -0.15) is 5.10 Å². The highest BCUT2D eigenvalue weighted by molar-refractivity contribution is 5.70. The van der Waals surface area contributed by atoms with E-state index in [0.717, 1.165) is 43.9 Å². The van der Waals surface area contributed by atoms with Gasteiger partial charge in [0.2, 0.25) is 0 Å². The quantitative estimate of drug-likeness (QED) is 0.481. The first kappa shape index (κ1) is 24.2. The van der Waals surface area contributed by atoms with E-state index in [1.165, 1.54) is 24.0 Å². The molecule has 36 heavy (non-hydrogen) atoms. The summed E-state index contributed by atoms with van der Waals surface area (Å²) in [5.41, 5.74) is 10.2. The van der Waals surface area contributed by atoms with Gasteiger partial charge in [0.15, 0.2) is 11.6 Å². The number of amides is 1. The number of hydrogen-bond acceptors (Lipinski definition) is 6. The number of fused-ring (bicyclic) bond motifs is 1. The number of nitrogens with two attached hydrogens (primary N) is 1. The van der Waals surface area contributed by atoms with Gasteiger partial charge < -0.3 is 20.7 Å². The number of likely N-dealkylation sites (tertiary alicyclic amines) is 1. The van der Waals surface area contributed by atoms with Crippen molar-refractivity contribution in [3.05, 3.63) is 59.9 Å². The van der Waals surface area contributed by atoms with Crippen LogP contribution in [0.1, 0.15) is 63.5 Å². The lowest BCUT2D eigenvalue weighted by atomic mass is 9.84. The van der Waals surface area contributed by atoms with Gasteiger partial charge in [-0.25, -0.2) is 14.5 Å². The Labute approximate surface area is 212 Å². The van der Waals surface area contributed by atoms with Gasteiger partial charge in [0, 0.05) is 31.2 Å². The molecule has 2 aromatic heterocycles. The Morgan fingerprint density at radius 2 is 1.97 bits per heavy atom. The maximum absolute atomic E-state index is 12.4. The van der Waals surface area contributed by atoms with Gasteiger partial charge in [-0.15, -0.1) is 0 Å². The van der Waals surface area contributed by atoms with Gasteiger partial charge in [0.1, 0.15) is 5.60 Å². The average Bonchev–Trinajstić information content (AvgIpc) is 3.50. The molecular formula is C28H36N6O2. The van der Waals surface area contributed by atoms with E-state index in [1.807, 2.05) is 50.1 Å². The van der Waals surface area contributed by atoms with Crippen molar-refractivity contribution in [3.63, 3.8) is 0 Å².